The van der Waals surface area contributed by atoms with Crippen LogP contribution in [0.1, 0.15) is 0 Å². The van der Waals surface area contributed by atoms with Crippen LogP contribution in [0.4, 0.5) is 0 Å². The molecule has 1 N–H and O–H groups in total. The van der Waals surface area contributed by atoms with Gasteiger partial charge in [0, 0.05) is 18.6 Å². The molecule has 0 saturated heterocycles. The Balaban J connectivity index is 2.42. The molecule has 0 aromatic rings. The molecule has 2 aliphatic rings. The zero-order chi connectivity index (χ0) is 6.81. The summed E-state index contributed by atoms with van der Waals surface area (Å²) in [4.78, 5) is 8.98. The third kappa shape index (κ3) is 0.719. The molecule has 0 aromatic carbocycles. The fourth-order valence-corrected chi connectivity index (χ4v) is 0.821. The van der Waals surface area contributed by atoms with E-state index in [-0.39, 0.29) is 0 Å². The highest BCUT2D eigenvalue weighted by Crippen LogP contribution is 2.14. The van der Waals surface area contributed by atoms with Crippen LogP contribution in [0.15, 0.2) is 40.9 Å². The van der Waals surface area contributed by atoms with Gasteiger partial charge < -0.3 is 4.84 Å². The number of nitrogens with one attached hydrogen (secondary N) is 1. The molecule has 2 rings (SSSR count). The van der Waals surface area contributed by atoms with Crippen LogP contribution in [0.25, 0.3) is 0 Å². The molecule has 0 aliphatic carbocycles. The minimum absolute atomic E-state index is 0.817. The summed E-state index contributed by atoms with van der Waals surface area (Å²) in [5.74, 6) is 0.817. The van der Waals surface area contributed by atoms with Crippen molar-refractivity contribution in [2.45, 2.75) is 0 Å². The Labute approximate surface area is 58.4 Å². The predicted octanol–water partition coefficient (Wildman–Crippen LogP) is 0.887. The zero-order valence-electron chi connectivity index (χ0n) is 5.24. The summed E-state index contributed by atoms with van der Waals surface area (Å²) < 4.78 is 0. The van der Waals surface area contributed by atoms with Crippen LogP contribution in [-0.2, 0) is 4.84 Å². The van der Waals surface area contributed by atoms with E-state index in [0.29, 0.717) is 0 Å². The second-order valence-electron chi connectivity index (χ2n) is 1.97. The lowest BCUT2D eigenvalue weighted by atomic mass is 10.2. The van der Waals surface area contributed by atoms with Crippen molar-refractivity contribution < 1.29 is 4.84 Å². The van der Waals surface area contributed by atoms with Crippen molar-refractivity contribution in [1.29, 1.82) is 0 Å². The van der Waals surface area contributed by atoms with E-state index in [1.807, 2.05) is 12.2 Å². The van der Waals surface area contributed by atoms with Crippen LogP contribution in [0.5, 0.6) is 0 Å². The highest BCUT2D eigenvalue weighted by molar-refractivity contribution is 5.85. The fourth-order valence-electron chi connectivity index (χ4n) is 0.821. The second-order valence-corrected chi connectivity index (χ2v) is 1.97. The molecule has 10 heavy (non-hydrogen) atoms. The van der Waals surface area contributed by atoms with Gasteiger partial charge in [-0.05, 0) is 12.2 Å². The van der Waals surface area contributed by atoms with Crippen LogP contribution >= 0.6 is 0 Å². The molecule has 0 atom stereocenters. The maximum absolute atomic E-state index is 5.01. The lowest BCUT2D eigenvalue weighted by Crippen LogP contribution is -1.95. The van der Waals surface area contributed by atoms with Crippen molar-refractivity contribution in [1.82, 2.24) is 5.48 Å². The Morgan fingerprint density at radius 1 is 1.50 bits per heavy atom. The molecule has 50 valence electrons. The first-order chi connectivity index (χ1) is 4.97. The van der Waals surface area contributed by atoms with Crippen molar-refractivity contribution >= 4 is 6.21 Å². The molecule has 0 fully saturated rings. The van der Waals surface area contributed by atoms with Gasteiger partial charge in [-0.3, -0.25) is 4.99 Å². The summed E-state index contributed by atoms with van der Waals surface area (Å²) in [5, 5.41) is 0. The molecule has 0 radical (unpaired) electrons. The summed E-state index contributed by atoms with van der Waals surface area (Å²) in [5.41, 5.74) is 3.61. The van der Waals surface area contributed by atoms with Crippen molar-refractivity contribution in [2.24, 2.45) is 4.99 Å². The Morgan fingerprint density at radius 3 is 3.50 bits per heavy atom. The Bertz CT molecular complexity index is 261. The van der Waals surface area contributed by atoms with E-state index in [1.54, 1.807) is 18.6 Å². The van der Waals surface area contributed by atoms with Crippen molar-refractivity contribution in [3.05, 3.63) is 35.9 Å². The SMILES string of the molecule is C1=CN=CC2=CNOC2=C1. The predicted molar refractivity (Wildman–Crippen MR) is 38.0 cm³/mol. The van der Waals surface area contributed by atoms with E-state index in [4.69, 9.17) is 4.84 Å². The Hall–Kier alpha value is -1.51. The average Bonchev–Trinajstić information content (AvgIpc) is 2.28. The topological polar surface area (TPSA) is 33.6 Å². The first-order valence-corrected chi connectivity index (χ1v) is 3.00. The number of hydrogen-bond donors (Lipinski definition) is 1. The van der Waals surface area contributed by atoms with Crippen molar-refractivity contribution in [3.8, 4) is 0 Å². The van der Waals surface area contributed by atoms with Gasteiger partial charge in [0.1, 0.15) is 0 Å². The third-order valence-electron chi connectivity index (χ3n) is 1.30. The summed E-state index contributed by atoms with van der Waals surface area (Å²) in [6.45, 7) is 0. The van der Waals surface area contributed by atoms with Gasteiger partial charge in [-0.15, -0.1) is 0 Å². The Kier molecular flexibility index (Phi) is 1.07. The highest BCUT2D eigenvalue weighted by Gasteiger charge is 2.10. The average molecular weight is 134 g/mol. The van der Waals surface area contributed by atoms with E-state index in [1.165, 1.54) is 0 Å². The second kappa shape index (κ2) is 2.02. The van der Waals surface area contributed by atoms with Crippen LogP contribution in [-0.4, -0.2) is 6.21 Å². The molecular weight excluding hydrogens is 128 g/mol. The summed E-state index contributed by atoms with van der Waals surface area (Å²) in [6, 6.07) is 0. The molecule has 2 heterocycles. The maximum atomic E-state index is 5.01. The minimum atomic E-state index is 0.817. The van der Waals surface area contributed by atoms with Gasteiger partial charge in [0.05, 0.1) is 5.57 Å². The van der Waals surface area contributed by atoms with Gasteiger partial charge in [0.15, 0.2) is 5.76 Å². The quantitative estimate of drug-likeness (QED) is 0.533. The first kappa shape index (κ1) is 5.29. The number of nitrogens with zero attached hydrogens (tertiary/aromatic N) is 1. The molecule has 0 spiro atoms. The molecule has 0 aromatic heterocycles. The van der Waals surface area contributed by atoms with Crippen LogP contribution in [0.3, 0.4) is 0 Å². The standard InChI is InChI=1S/C7H6N2O/c1-2-7-6(4-8-3-1)5-9-10-7/h1-5,9H. The third-order valence-corrected chi connectivity index (χ3v) is 1.30. The van der Waals surface area contributed by atoms with E-state index in [2.05, 4.69) is 10.5 Å². The number of rotatable bonds is 0. The summed E-state index contributed by atoms with van der Waals surface area (Å²) >= 11 is 0. The smallest absolute Gasteiger partial charge is 0.165 e. The maximum Gasteiger partial charge on any atom is 0.165 e. The number of hydrogen-bond acceptors (Lipinski definition) is 3. The van der Waals surface area contributed by atoms with E-state index < -0.39 is 0 Å². The van der Waals surface area contributed by atoms with Crippen molar-refractivity contribution in [2.75, 3.05) is 0 Å². The van der Waals surface area contributed by atoms with Crippen LogP contribution in [0, 0.1) is 0 Å². The van der Waals surface area contributed by atoms with Crippen LogP contribution in [0.2, 0.25) is 0 Å². The number of aliphatic imine (C=N–C) groups is 1. The molecule has 0 bridgehead atoms. The van der Waals surface area contributed by atoms with Gasteiger partial charge in [0.25, 0.3) is 0 Å². The lowest BCUT2D eigenvalue weighted by Gasteiger charge is -1.94. The first-order valence-electron chi connectivity index (χ1n) is 3.00. The minimum Gasteiger partial charge on any atom is -0.382 e. The van der Waals surface area contributed by atoms with Gasteiger partial charge in [-0.2, -0.15) is 0 Å². The van der Waals surface area contributed by atoms with Gasteiger partial charge in [-0.25, -0.2) is 5.48 Å². The van der Waals surface area contributed by atoms with E-state index >= 15 is 0 Å². The summed E-state index contributed by atoms with van der Waals surface area (Å²) in [6.07, 6.45) is 8.92. The van der Waals surface area contributed by atoms with Gasteiger partial charge in [0.2, 0.25) is 0 Å². The molecule has 3 nitrogen and oxygen atoms in total. The van der Waals surface area contributed by atoms with E-state index in [9.17, 15) is 0 Å². The molecule has 0 unspecified atom stereocenters. The summed E-state index contributed by atoms with van der Waals surface area (Å²) in [7, 11) is 0. The number of allylic oxidation sites excluding steroid dienone is 3. The van der Waals surface area contributed by atoms with Crippen molar-refractivity contribution in [3.63, 3.8) is 0 Å². The highest BCUT2D eigenvalue weighted by atomic mass is 16.7. The largest absolute Gasteiger partial charge is 0.382 e. The molecule has 3 heteroatoms. The normalized spacial score (nSPS) is 20.0. The number of hydroxylamine groups is 1. The Morgan fingerprint density at radius 2 is 2.50 bits per heavy atom. The molecular formula is C7H6N2O. The fraction of sp³-hybridized carbons (Fsp3) is 0. The lowest BCUT2D eigenvalue weighted by molar-refractivity contribution is 0.170. The zero-order valence-corrected chi connectivity index (χ0v) is 5.24. The van der Waals surface area contributed by atoms with Gasteiger partial charge in [-0.1, -0.05) is 0 Å². The van der Waals surface area contributed by atoms with E-state index in [0.717, 1.165) is 11.3 Å². The van der Waals surface area contributed by atoms with Gasteiger partial charge >= 0.3 is 0 Å². The monoisotopic (exact) mass is 134 g/mol. The van der Waals surface area contributed by atoms with Crippen LogP contribution < -0.4 is 5.48 Å². The molecule has 0 saturated carbocycles. The molecule has 2 aliphatic heterocycles. The number of fused-ring (bicyclic) bond motifs is 1. The molecule has 0 amide bonds.